The van der Waals surface area contributed by atoms with E-state index in [-0.39, 0.29) is 11.1 Å². The van der Waals surface area contributed by atoms with Gasteiger partial charge < -0.3 is 10.6 Å². The van der Waals surface area contributed by atoms with Crippen LogP contribution in [0.15, 0.2) is 60.9 Å². The number of rotatable bonds is 6. The van der Waals surface area contributed by atoms with Crippen molar-refractivity contribution in [3.63, 3.8) is 0 Å². The molecule has 0 unspecified atom stereocenters. The molecule has 0 spiro atoms. The Morgan fingerprint density at radius 3 is 2.60 bits per heavy atom. The van der Waals surface area contributed by atoms with Crippen LogP contribution in [-0.4, -0.2) is 32.1 Å². The molecule has 1 aliphatic rings. The minimum Gasteiger partial charge on any atom is -0.347 e. The van der Waals surface area contributed by atoms with E-state index in [0.29, 0.717) is 23.7 Å². The first-order valence-corrected chi connectivity index (χ1v) is 11.3. The number of hydrogen-bond acceptors (Lipinski definition) is 4. The molecular formula is C25H20ClF2N5O2. The largest absolute Gasteiger partial charge is 0.347 e. The van der Waals surface area contributed by atoms with E-state index in [9.17, 15) is 14.0 Å². The number of carbonyl (C=O) groups is 2. The maximum absolute atomic E-state index is 15.1. The first-order chi connectivity index (χ1) is 16.8. The van der Waals surface area contributed by atoms with Gasteiger partial charge in [-0.1, -0.05) is 29.8 Å². The van der Waals surface area contributed by atoms with Crippen molar-refractivity contribution < 1.29 is 18.4 Å². The predicted octanol–water partition coefficient (Wildman–Crippen LogP) is 4.49. The van der Waals surface area contributed by atoms with Gasteiger partial charge in [0.05, 0.1) is 29.0 Å². The molecule has 10 heteroatoms. The molecule has 0 saturated heterocycles. The number of benzene rings is 2. The van der Waals surface area contributed by atoms with Gasteiger partial charge in [-0.25, -0.2) is 13.5 Å². The number of carbonyl (C=O) groups excluding carboxylic acids is 2. The molecule has 0 radical (unpaired) electrons. The zero-order chi connectivity index (χ0) is 24.7. The average molecular weight is 496 g/mol. The van der Waals surface area contributed by atoms with Crippen LogP contribution in [-0.2, 0) is 4.79 Å². The standard InChI is InChI=1S/C25H20ClF2N5O2/c1-14(30-24(35)25(8-9-25)31-23(34)15-10-16(27)13-29-12-15)18-7-6-17(11-20(18)28)33-21-5-3-2-4-19(21)22(26)32-33/h2-7,10-14H,8-9H2,1H3,(H,30,35)(H,31,34)/t14-/m1/s1. The van der Waals surface area contributed by atoms with Crippen molar-refractivity contribution in [2.45, 2.75) is 31.3 Å². The summed E-state index contributed by atoms with van der Waals surface area (Å²) in [6.45, 7) is 1.66. The molecule has 7 nitrogen and oxygen atoms in total. The van der Waals surface area contributed by atoms with Gasteiger partial charge in [-0.05, 0) is 50.1 Å². The average Bonchev–Trinajstić information content (AvgIpc) is 3.55. The van der Waals surface area contributed by atoms with Gasteiger partial charge in [0.25, 0.3) is 5.91 Å². The van der Waals surface area contributed by atoms with Crippen LogP contribution in [0.1, 0.15) is 41.7 Å². The van der Waals surface area contributed by atoms with Crippen molar-refractivity contribution in [3.8, 4) is 5.69 Å². The van der Waals surface area contributed by atoms with Crippen molar-refractivity contribution in [3.05, 3.63) is 88.8 Å². The molecule has 0 bridgehead atoms. The van der Waals surface area contributed by atoms with E-state index in [0.717, 1.165) is 23.2 Å². The van der Waals surface area contributed by atoms with E-state index in [2.05, 4.69) is 20.7 Å². The molecular weight excluding hydrogens is 476 g/mol. The summed E-state index contributed by atoms with van der Waals surface area (Å²) in [6.07, 6.45) is 3.06. The van der Waals surface area contributed by atoms with Gasteiger partial charge in [-0.2, -0.15) is 5.10 Å². The highest BCUT2D eigenvalue weighted by Crippen LogP contribution is 2.37. The Labute approximate surface area is 204 Å². The summed E-state index contributed by atoms with van der Waals surface area (Å²) in [5, 5.41) is 10.8. The van der Waals surface area contributed by atoms with E-state index in [1.54, 1.807) is 23.7 Å². The van der Waals surface area contributed by atoms with E-state index in [1.807, 2.05) is 24.3 Å². The lowest BCUT2D eigenvalue weighted by Crippen LogP contribution is -2.49. The zero-order valence-corrected chi connectivity index (χ0v) is 19.3. The Morgan fingerprint density at radius 1 is 1.11 bits per heavy atom. The molecule has 2 heterocycles. The summed E-state index contributed by atoms with van der Waals surface area (Å²) in [6, 6.07) is 12.4. The minimum atomic E-state index is -1.11. The summed E-state index contributed by atoms with van der Waals surface area (Å²) >= 11 is 6.21. The van der Waals surface area contributed by atoms with Crippen molar-refractivity contribution >= 4 is 34.3 Å². The molecule has 1 atom stereocenters. The molecule has 4 aromatic rings. The van der Waals surface area contributed by atoms with Gasteiger partial charge >= 0.3 is 0 Å². The number of nitrogens with one attached hydrogen (secondary N) is 2. The molecule has 1 aliphatic carbocycles. The van der Waals surface area contributed by atoms with E-state index >= 15 is 4.39 Å². The van der Waals surface area contributed by atoms with Gasteiger partial charge in [0.2, 0.25) is 5.91 Å². The minimum absolute atomic E-state index is 0.0185. The number of fused-ring (bicyclic) bond motifs is 1. The van der Waals surface area contributed by atoms with Crippen LogP contribution in [0.2, 0.25) is 5.15 Å². The number of hydrogen-bond donors (Lipinski definition) is 2. The second kappa shape index (κ2) is 8.74. The first kappa shape index (κ1) is 22.9. The summed E-state index contributed by atoms with van der Waals surface area (Å²) < 4.78 is 30.0. The fraction of sp³-hybridized carbons (Fsp3) is 0.200. The monoisotopic (exact) mass is 495 g/mol. The van der Waals surface area contributed by atoms with Crippen LogP contribution in [0.4, 0.5) is 8.78 Å². The summed E-state index contributed by atoms with van der Waals surface area (Å²) in [7, 11) is 0. The van der Waals surface area contributed by atoms with E-state index in [1.165, 1.54) is 12.3 Å². The Balaban J connectivity index is 1.31. The molecule has 5 rings (SSSR count). The van der Waals surface area contributed by atoms with Crippen molar-refractivity contribution in [1.82, 2.24) is 25.4 Å². The number of amides is 2. The lowest BCUT2D eigenvalue weighted by Gasteiger charge is -2.21. The smallest absolute Gasteiger partial charge is 0.253 e. The topological polar surface area (TPSA) is 88.9 Å². The van der Waals surface area contributed by atoms with Crippen molar-refractivity contribution in [1.29, 1.82) is 0 Å². The highest BCUT2D eigenvalue weighted by atomic mass is 35.5. The Bertz CT molecular complexity index is 1470. The van der Waals surface area contributed by atoms with Gasteiger partial charge in [-0.3, -0.25) is 14.6 Å². The van der Waals surface area contributed by atoms with Crippen molar-refractivity contribution in [2.75, 3.05) is 0 Å². The van der Waals surface area contributed by atoms with Gasteiger partial charge in [0.15, 0.2) is 5.15 Å². The molecule has 2 aromatic heterocycles. The Morgan fingerprint density at radius 2 is 1.89 bits per heavy atom. The molecule has 2 aromatic carbocycles. The SMILES string of the molecule is C[C@@H](NC(=O)C1(NC(=O)c2cncc(F)c2)CC1)c1ccc(-n2nc(Cl)c3ccccc32)cc1F. The molecule has 2 amide bonds. The second-order valence-electron chi connectivity index (χ2n) is 8.55. The molecule has 178 valence electrons. The fourth-order valence-corrected chi connectivity index (χ4v) is 4.23. The second-order valence-corrected chi connectivity index (χ2v) is 8.91. The molecule has 0 aliphatic heterocycles. The van der Waals surface area contributed by atoms with Crippen LogP contribution < -0.4 is 10.6 Å². The lowest BCUT2D eigenvalue weighted by atomic mass is 10.1. The van der Waals surface area contributed by atoms with E-state index < -0.39 is 35.0 Å². The summed E-state index contributed by atoms with van der Waals surface area (Å²) in [4.78, 5) is 29.0. The van der Waals surface area contributed by atoms with Gasteiger partial charge in [0.1, 0.15) is 17.2 Å². The maximum atomic E-state index is 15.1. The fourth-order valence-electron chi connectivity index (χ4n) is 4.00. The van der Waals surface area contributed by atoms with Crippen LogP contribution in [0, 0.1) is 11.6 Å². The van der Waals surface area contributed by atoms with Crippen LogP contribution in [0.5, 0.6) is 0 Å². The number of pyridine rings is 1. The normalized spacial score (nSPS) is 15.0. The Hall–Kier alpha value is -3.85. The van der Waals surface area contributed by atoms with Gasteiger partial charge in [0, 0.05) is 17.1 Å². The third-order valence-corrected chi connectivity index (χ3v) is 6.37. The summed E-state index contributed by atoms with van der Waals surface area (Å²) in [5.41, 5.74) is 0.415. The highest BCUT2D eigenvalue weighted by Gasteiger charge is 2.51. The number of aromatic nitrogens is 3. The molecule has 1 saturated carbocycles. The number of para-hydroxylation sites is 1. The first-order valence-electron chi connectivity index (χ1n) is 10.9. The van der Waals surface area contributed by atoms with Crippen LogP contribution in [0.25, 0.3) is 16.6 Å². The van der Waals surface area contributed by atoms with Gasteiger partial charge in [-0.15, -0.1) is 0 Å². The quantitative estimate of drug-likeness (QED) is 0.412. The van der Waals surface area contributed by atoms with Crippen LogP contribution in [0.3, 0.4) is 0 Å². The molecule has 1 fully saturated rings. The number of nitrogens with zero attached hydrogens (tertiary/aromatic N) is 3. The maximum Gasteiger partial charge on any atom is 0.253 e. The highest BCUT2D eigenvalue weighted by molar-refractivity contribution is 6.34. The predicted molar refractivity (Wildman–Crippen MR) is 126 cm³/mol. The van der Waals surface area contributed by atoms with Crippen molar-refractivity contribution in [2.24, 2.45) is 0 Å². The number of halogens is 3. The van der Waals surface area contributed by atoms with E-state index in [4.69, 9.17) is 11.6 Å². The summed E-state index contributed by atoms with van der Waals surface area (Å²) in [5.74, 6) is -2.20. The third kappa shape index (κ3) is 4.35. The zero-order valence-electron chi connectivity index (χ0n) is 18.6. The lowest BCUT2D eigenvalue weighted by molar-refractivity contribution is -0.124. The third-order valence-electron chi connectivity index (χ3n) is 6.09. The molecule has 2 N–H and O–H groups in total. The molecule has 35 heavy (non-hydrogen) atoms. The Kier molecular flexibility index (Phi) is 5.72. The van der Waals surface area contributed by atoms with Crippen LogP contribution >= 0.6 is 11.6 Å².